The van der Waals surface area contributed by atoms with Crippen LogP contribution in [0.2, 0.25) is 0 Å². The van der Waals surface area contributed by atoms with E-state index in [9.17, 15) is 23.9 Å². The largest absolute Gasteiger partial charge is 0.493 e. The summed E-state index contributed by atoms with van der Waals surface area (Å²) in [6, 6.07) is 15.9. The third-order valence-electron chi connectivity index (χ3n) is 5.99. The first-order valence-electron chi connectivity index (χ1n) is 11.4. The van der Waals surface area contributed by atoms with Gasteiger partial charge in [-0.1, -0.05) is 18.2 Å². The number of rotatable bonds is 9. The summed E-state index contributed by atoms with van der Waals surface area (Å²) in [5.74, 6) is -0.956. The summed E-state index contributed by atoms with van der Waals surface area (Å²) in [5.41, 5.74) is 1.25. The highest BCUT2D eigenvalue weighted by atomic mass is 19.1. The second-order valence-electron chi connectivity index (χ2n) is 8.36. The van der Waals surface area contributed by atoms with Crippen LogP contribution in [0.4, 0.5) is 4.39 Å². The topological polar surface area (TPSA) is 107 Å². The number of nitrogens with zero attached hydrogens (tertiary/aromatic N) is 1. The van der Waals surface area contributed by atoms with E-state index in [0.29, 0.717) is 30.0 Å². The van der Waals surface area contributed by atoms with Gasteiger partial charge < -0.3 is 24.5 Å². The second kappa shape index (κ2) is 10.9. The van der Waals surface area contributed by atoms with Crippen molar-refractivity contribution >= 4 is 22.8 Å². The van der Waals surface area contributed by atoms with Crippen LogP contribution in [0.25, 0.3) is 10.9 Å². The van der Waals surface area contributed by atoms with Crippen LogP contribution in [0.3, 0.4) is 0 Å². The summed E-state index contributed by atoms with van der Waals surface area (Å²) < 4.78 is 25.4. The standard InChI is InChI=1S/C28H25FN2O6/c1-36-24-10-5-17(13-25(24)37-2)11-12-30-27(33)19-6-9-23-21(14-19)26(32)22(28(34)35)16-31(23)15-18-3-7-20(29)8-4-18/h3-10,13-14,16H,11-12,15H2,1-2H3,(H,30,33)(H,34,35). The van der Waals surface area contributed by atoms with Gasteiger partial charge in [0.1, 0.15) is 11.4 Å². The van der Waals surface area contributed by atoms with E-state index in [1.165, 1.54) is 24.4 Å². The van der Waals surface area contributed by atoms with E-state index in [1.54, 1.807) is 49.1 Å². The molecule has 8 nitrogen and oxygen atoms in total. The van der Waals surface area contributed by atoms with Crippen LogP contribution < -0.4 is 20.2 Å². The molecule has 1 amide bonds. The lowest BCUT2D eigenvalue weighted by atomic mass is 10.1. The number of carboxylic acids is 1. The molecular weight excluding hydrogens is 479 g/mol. The first-order chi connectivity index (χ1) is 17.8. The number of pyridine rings is 1. The number of hydrogen-bond donors (Lipinski definition) is 2. The zero-order valence-corrected chi connectivity index (χ0v) is 20.3. The van der Waals surface area contributed by atoms with Gasteiger partial charge >= 0.3 is 5.97 Å². The van der Waals surface area contributed by atoms with Gasteiger partial charge in [-0.3, -0.25) is 9.59 Å². The van der Waals surface area contributed by atoms with Crippen molar-refractivity contribution in [2.75, 3.05) is 20.8 Å². The first-order valence-corrected chi connectivity index (χ1v) is 11.4. The van der Waals surface area contributed by atoms with Crippen LogP contribution in [-0.4, -0.2) is 42.3 Å². The number of nitrogens with one attached hydrogen (secondary N) is 1. The first kappa shape index (κ1) is 25.4. The molecule has 37 heavy (non-hydrogen) atoms. The van der Waals surface area contributed by atoms with Gasteiger partial charge in [0, 0.05) is 30.2 Å². The van der Waals surface area contributed by atoms with Gasteiger partial charge in [-0.25, -0.2) is 9.18 Å². The van der Waals surface area contributed by atoms with E-state index in [-0.39, 0.29) is 23.3 Å². The lowest BCUT2D eigenvalue weighted by Crippen LogP contribution is -2.26. The molecule has 1 heterocycles. The number of fused-ring (bicyclic) bond motifs is 1. The Kier molecular flexibility index (Phi) is 7.52. The maximum absolute atomic E-state index is 13.3. The molecule has 0 unspecified atom stereocenters. The number of carbonyl (C=O) groups is 2. The van der Waals surface area contributed by atoms with Gasteiger partial charge in [0.05, 0.1) is 19.7 Å². The highest BCUT2D eigenvalue weighted by Gasteiger charge is 2.17. The number of carboxylic acid groups (broad SMARTS) is 1. The summed E-state index contributed by atoms with van der Waals surface area (Å²) in [6.45, 7) is 0.546. The molecule has 0 bridgehead atoms. The van der Waals surface area contributed by atoms with Crippen molar-refractivity contribution in [2.45, 2.75) is 13.0 Å². The van der Waals surface area contributed by atoms with E-state index >= 15 is 0 Å². The van der Waals surface area contributed by atoms with E-state index in [0.717, 1.165) is 11.1 Å². The number of benzene rings is 3. The van der Waals surface area contributed by atoms with Crippen LogP contribution in [-0.2, 0) is 13.0 Å². The molecule has 0 aliphatic rings. The molecule has 3 aromatic carbocycles. The Morgan fingerprint density at radius 2 is 1.65 bits per heavy atom. The molecule has 0 fully saturated rings. The smallest absolute Gasteiger partial charge is 0.341 e. The Labute approximate surface area is 211 Å². The molecule has 0 radical (unpaired) electrons. The lowest BCUT2D eigenvalue weighted by Gasteiger charge is -2.14. The summed E-state index contributed by atoms with van der Waals surface area (Å²) in [4.78, 5) is 37.5. The minimum absolute atomic E-state index is 0.106. The summed E-state index contributed by atoms with van der Waals surface area (Å²) in [5, 5.41) is 12.5. The Hall–Kier alpha value is -4.66. The van der Waals surface area contributed by atoms with Crippen LogP contribution in [0.1, 0.15) is 31.8 Å². The normalized spacial score (nSPS) is 10.8. The molecule has 190 valence electrons. The van der Waals surface area contributed by atoms with Gasteiger partial charge in [0.2, 0.25) is 5.43 Å². The highest BCUT2D eigenvalue weighted by Crippen LogP contribution is 2.27. The average molecular weight is 505 g/mol. The Morgan fingerprint density at radius 1 is 0.946 bits per heavy atom. The Morgan fingerprint density at radius 3 is 2.32 bits per heavy atom. The Balaban J connectivity index is 1.58. The number of halogens is 1. The van der Waals surface area contributed by atoms with Gasteiger partial charge in [-0.15, -0.1) is 0 Å². The second-order valence-corrected chi connectivity index (χ2v) is 8.36. The summed E-state index contributed by atoms with van der Waals surface area (Å²) in [7, 11) is 3.10. The predicted molar refractivity (Wildman–Crippen MR) is 136 cm³/mol. The molecule has 0 saturated heterocycles. The van der Waals surface area contributed by atoms with E-state index in [1.807, 2.05) is 12.1 Å². The van der Waals surface area contributed by atoms with Crippen LogP contribution >= 0.6 is 0 Å². The monoisotopic (exact) mass is 504 g/mol. The molecule has 1 aromatic heterocycles. The van der Waals surface area contributed by atoms with E-state index in [2.05, 4.69) is 5.32 Å². The van der Waals surface area contributed by atoms with Crippen molar-refractivity contribution in [1.29, 1.82) is 0 Å². The molecule has 0 atom stereocenters. The third kappa shape index (κ3) is 5.61. The molecule has 0 aliphatic heterocycles. The predicted octanol–water partition coefficient (Wildman–Crippen LogP) is 3.88. The molecule has 4 rings (SSSR count). The summed E-state index contributed by atoms with van der Waals surface area (Å²) in [6.07, 6.45) is 1.80. The summed E-state index contributed by atoms with van der Waals surface area (Å²) >= 11 is 0. The molecule has 4 aromatic rings. The van der Waals surface area contributed by atoms with Crippen LogP contribution in [0, 0.1) is 5.82 Å². The number of ether oxygens (including phenoxy) is 2. The van der Waals surface area contributed by atoms with Crippen LogP contribution in [0.15, 0.2) is 71.7 Å². The maximum atomic E-state index is 13.3. The highest BCUT2D eigenvalue weighted by molar-refractivity contribution is 5.99. The van der Waals surface area contributed by atoms with Crippen molar-refractivity contribution in [3.63, 3.8) is 0 Å². The maximum Gasteiger partial charge on any atom is 0.341 e. The number of carbonyl (C=O) groups excluding carboxylic acids is 1. The number of amides is 1. The average Bonchev–Trinajstić information content (AvgIpc) is 2.90. The van der Waals surface area contributed by atoms with Gasteiger partial charge in [0.25, 0.3) is 5.91 Å². The SMILES string of the molecule is COc1ccc(CCNC(=O)c2ccc3c(c2)c(=O)c(C(=O)O)cn3Cc2ccc(F)cc2)cc1OC. The van der Waals surface area contributed by atoms with E-state index < -0.39 is 22.9 Å². The lowest BCUT2D eigenvalue weighted by molar-refractivity contribution is 0.0694. The van der Waals surface area contributed by atoms with Crippen LogP contribution in [0.5, 0.6) is 11.5 Å². The number of methoxy groups -OCH3 is 2. The van der Waals surface area contributed by atoms with Crippen molar-refractivity contribution in [3.05, 3.63) is 105 Å². The molecule has 0 saturated carbocycles. The zero-order chi connectivity index (χ0) is 26.5. The fraction of sp³-hybridized carbons (Fsp3) is 0.179. The number of aromatic nitrogens is 1. The zero-order valence-electron chi connectivity index (χ0n) is 20.3. The van der Waals surface area contributed by atoms with Gasteiger partial charge in [-0.2, -0.15) is 0 Å². The minimum Gasteiger partial charge on any atom is -0.493 e. The molecule has 0 aliphatic carbocycles. The van der Waals surface area contributed by atoms with Crippen molar-refractivity contribution in [1.82, 2.24) is 9.88 Å². The molecular formula is C28H25FN2O6. The Bertz CT molecular complexity index is 1530. The third-order valence-corrected chi connectivity index (χ3v) is 5.99. The van der Waals surface area contributed by atoms with Gasteiger partial charge in [0.15, 0.2) is 11.5 Å². The molecule has 9 heteroatoms. The fourth-order valence-corrected chi connectivity index (χ4v) is 4.07. The fourth-order valence-electron chi connectivity index (χ4n) is 4.07. The molecule has 0 spiro atoms. The van der Waals surface area contributed by atoms with Crippen molar-refractivity contribution in [3.8, 4) is 11.5 Å². The van der Waals surface area contributed by atoms with E-state index in [4.69, 9.17) is 9.47 Å². The quantitative estimate of drug-likeness (QED) is 0.358. The number of aromatic carboxylic acids is 1. The van der Waals surface area contributed by atoms with Crippen molar-refractivity contribution in [2.24, 2.45) is 0 Å². The minimum atomic E-state index is -1.37. The van der Waals surface area contributed by atoms with Crippen molar-refractivity contribution < 1.29 is 28.6 Å². The number of hydrogen-bond acceptors (Lipinski definition) is 5. The molecule has 2 N–H and O–H groups in total. The van der Waals surface area contributed by atoms with Gasteiger partial charge in [-0.05, 0) is 60.0 Å².